The van der Waals surface area contributed by atoms with E-state index in [1.165, 1.54) is 4.57 Å². The topological polar surface area (TPSA) is 228 Å². The maximum Gasteiger partial charge on any atom is 0.407 e. The number of ether oxygens (including phenoxy) is 6. The Kier molecular flexibility index (Phi) is 23.8. The number of hydrogen-bond acceptors (Lipinski definition) is 16. The van der Waals surface area contributed by atoms with E-state index in [0.29, 0.717) is 17.9 Å². The minimum atomic E-state index is -1.74. The van der Waals surface area contributed by atoms with Gasteiger partial charge < -0.3 is 48.1 Å². The van der Waals surface area contributed by atoms with E-state index in [1.807, 2.05) is 152 Å². The van der Waals surface area contributed by atoms with Gasteiger partial charge in [-0.2, -0.15) is 10.2 Å². The lowest BCUT2D eigenvalue weighted by Crippen LogP contribution is -2.42. The number of hydrogen-bond donors (Lipinski definition) is 2. The summed E-state index contributed by atoms with van der Waals surface area (Å²) in [6.07, 6.45) is -0.518. The van der Waals surface area contributed by atoms with Crippen LogP contribution in [0, 0.1) is 11.3 Å². The third-order valence-electron chi connectivity index (χ3n) is 19.2. The first-order chi connectivity index (χ1) is 50.1. The summed E-state index contributed by atoms with van der Waals surface area (Å²) < 4.78 is 54.4. The van der Waals surface area contributed by atoms with E-state index in [9.17, 15) is 29.2 Å². The molecule has 0 radical (unpaired) electrons. The summed E-state index contributed by atoms with van der Waals surface area (Å²) in [6.45, 7) is 8.71. The summed E-state index contributed by atoms with van der Waals surface area (Å²) >= 11 is 0. The van der Waals surface area contributed by atoms with E-state index in [-0.39, 0.29) is 106 Å². The lowest BCUT2D eigenvalue weighted by atomic mass is 9.80. The quantitative estimate of drug-likeness (QED) is 0.0173. The Labute approximate surface area is 602 Å². The largest absolute Gasteiger partial charge is 0.497 e. The summed E-state index contributed by atoms with van der Waals surface area (Å²) in [6, 6.07) is 67.1. The number of aryl methyl sites for hydroxylation is 1. The normalized spacial score (nSPS) is 15.9. The number of rotatable bonds is 32. The number of amides is 2. The highest BCUT2D eigenvalue weighted by Gasteiger charge is 2.45. The number of carbonyl (C=O) groups is 4. The maximum absolute atomic E-state index is 14.3. The highest BCUT2D eigenvalue weighted by atomic mass is 31.2. The lowest BCUT2D eigenvalue weighted by molar-refractivity contribution is -0.144. The number of benzene rings is 8. The number of anilines is 1. The Bertz CT molecular complexity index is 4380. The number of ketones is 1. The zero-order valence-electron chi connectivity index (χ0n) is 58.6. The average Bonchev–Trinajstić information content (AvgIpc) is 1.70. The summed E-state index contributed by atoms with van der Waals surface area (Å²) in [4.78, 5) is 73.7. The summed E-state index contributed by atoms with van der Waals surface area (Å²) in [5.41, 5.74) is 10.3. The molecule has 9 aromatic rings. The number of nitriles is 1. The number of fused-ring (bicyclic) bond motifs is 6. The molecular weight excluding hydrogens is 1320 g/mol. The SMILES string of the molecule is COc1ccc(C(OC[C@H]2O[C@@H](Cn3ccc(NC(=O)c4ccc(CCC(=O)C(CCC(=O)OCC5c6ccccc6-c6ccccc65)NC(=O)OCC5c6ccccc6-c6ccccc65)cc4)nc3=O)CC2OP(OCCC#N)N(C(C)C)C(C)C)(c2ccccc2)c2ccc(OC)cc2)cc1. The first-order valence-corrected chi connectivity index (χ1v) is 36.1. The van der Waals surface area contributed by atoms with Crippen LogP contribution in [0.2, 0.25) is 0 Å². The van der Waals surface area contributed by atoms with Gasteiger partial charge in [0.2, 0.25) is 0 Å². The molecule has 0 bridgehead atoms. The molecule has 0 saturated carbocycles. The van der Waals surface area contributed by atoms with Crippen molar-refractivity contribution in [3.8, 4) is 39.8 Å². The van der Waals surface area contributed by atoms with Crippen molar-refractivity contribution in [2.24, 2.45) is 0 Å². The first kappa shape index (κ1) is 72.6. The fourth-order valence-corrected chi connectivity index (χ4v) is 16.0. The Hall–Kier alpha value is -10.2. The molecule has 2 N–H and O–H groups in total. The van der Waals surface area contributed by atoms with Gasteiger partial charge in [0.25, 0.3) is 14.4 Å². The third kappa shape index (κ3) is 16.8. The van der Waals surface area contributed by atoms with Crippen LogP contribution >= 0.6 is 8.53 Å². The second-order valence-electron chi connectivity index (χ2n) is 26.4. The van der Waals surface area contributed by atoms with Crippen molar-refractivity contribution in [1.82, 2.24) is 19.5 Å². The highest BCUT2D eigenvalue weighted by Crippen LogP contribution is 2.51. The predicted octanol–water partition coefficient (Wildman–Crippen LogP) is 14.9. The van der Waals surface area contributed by atoms with E-state index in [4.69, 9.17) is 37.5 Å². The van der Waals surface area contributed by atoms with Crippen LogP contribution in [-0.4, -0.2) is 115 Å². The van der Waals surface area contributed by atoms with Crippen molar-refractivity contribution in [2.45, 2.75) is 127 Å². The Morgan fingerprint density at radius 1 is 0.650 bits per heavy atom. The fourth-order valence-electron chi connectivity index (χ4n) is 14.2. The van der Waals surface area contributed by atoms with Crippen LogP contribution in [0.3, 0.4) is 0 Å². The van der Waals surface area contributed by atoms with Gasteiger partial charge in [0, 0.05) is 54.9 Å². The summed E-state index contributed by atoms with van der Waals surface area (Å²) in [5.74, 6) is -0.298. The summed E-state index contributed by atoms with van der Waals surface area (Å²) in [7, 11) is 1.51. The Balaban J connectivity index is 0.707. The predicted molar refractivity (Wildman–Crippen MR) is 394 cm³/mol. The number of Topliss-reactive ketones (excluding diaryl/α,β-unsaturated/α-hetero) is 1. The molecule has 2 amide bonds. The van der Waals surface area contributed by atoms with Crippen molar-refractivity contribution in [1.29, 1.82) is 5.26 Å². The van der Waals surface area contributed by atoms with E-state index in [2.05, 4.69) is 78.3 Å². The molecule has 2 heterocycles. The molecule has 530 valence electrons. The van der Waals surface area contributed by atoms with E-state index < -0.39 is 62.1 Å². The number of esters is 1. The van der Waals surface area contributed by atoms with Crippen LogP contribution in [0.25, 0.3) is 22.3 Å². The maximum atomic E-state index is 14.3. The van der Waals surface area contributed by atoms with Gasteiger partial charge in [-0.1, -0.05) is 164 Å². The molecule has 1 aliphatic heterocycles. The molecule has 103 heavy (non-hydrogen) atoms. The fraction of sp³-hybridized carbons (Fsp3) is 0.313. The zero-order valence-corrected chi connectivity index (χ0v) is 59.5. The molecule has 1 aromatic heterocycles. The standard InChI is InChI=1S/C83H85N6O13P/c1-54(2)89(55(3)4)103(100-48-18-46-84)102-76-49-63(101-77(76)53-99-83(58-19-8-7-9-20-58,59-34-38-61(95-5)39-35-59)60-36-40-62(96-6)41-37-60)50-88-47-45-78(87-81(88)93)86-80(92)57-32-29-56(30-33-57)31-43-75(90)74(85-82(94)98-52-73-70-27-16-12-23-66(70)67-24-13-17-28-71(67)73)42-44-79(91)97-51-72-68-25-14-10-21-64(68)65-22-11-15-26-69(65)72/h7-17,19-30,32-41,45,47,54-55,63,72-74,76-77H,18,31,42-44,48-53H2,1-6H3,(H,85,94)(H,86,87,92,93)/t63-,74?,76?,77-,103?/m1/s1. The smallest absolute Gasteiger partial charge is 0.407 e. The second-order valence-corrected chi connectivity index (χ2v) is 27.8. The molecule has 5 atom stereocenters. The van der Waals surface area contributed by atoms with Crippen LogP contribution in [0.1, 0.15) is 127 Å². The third-order valence-corrected chi connectivity index (χ3v) is 21.4. The molecule has 3 aliphatic rings. The van der Waals surface area contributed by atoms with E-state index >= 15 is 0 Å². The Morgan fingerprint density at radius 2 is 1.17 bits per heavy atom. The van der Waals surface area contributed by atoms with Crippen LogP contribution in [-0.2, 0) is 56.2 Å². The molecular formula is C83H85N6O13P. The lowest BCUT2D eigenvalue weighted by Gasteiger charge is -2.39. The van der Waals surface area contributed by atoms with Crippen molar-refractivity contribution in [3.63, 3.8) is 0 Å². The number of nitrogens with one attached hydrogen (secondary N) is 2. The van der Waals surface area contributed by atoms with Gasteiger partial charge in [-0.25, -0.2) is 14.3 Å². The van der Waals surface area contributed by atoms with Crippen molar-refractivity contribution in [2.75, 3.05) is 46.0 Å². The van der Waals surface area contributed by atoms with Gasteiger partial charge in [0.1, 0.15) is 42.2 Å². The van der Waals surface area contributed by atoms with Crippen LogP contribution in [0.4, 0.5) is 10.6 Å². The van der Waals surface area contributed by atoms with E-state index in [0.717, 1.165) is 66.8 Å². The highest BCUT2D eigenvalue weighted by molar-refractivity contribution is 7.44. The second kappa shape index (κ2) is 33.8. The van der Waals surface area contributed by atoms with Crippen LogP contribution < -0.4 is 25.8 Å². The van der Waals surface area contributed by atoms with Crippen molar-refractivity contribution < 1.29 is 56.6 Å². The molecule has 2 aliphatic carbocycles. The van der Waals surface area contributed by atoms with Crippen LogP contribution in [0.5, 0.6) is 11.5 Å². The van der Waals surface area contributed by atoms with Gasteiger partial charge in [0.15, 0.2) is 5.78 Å². The van der Waals surface area contributed by atoms with Gasteiger partial charge >= 0.3 is 17.8 Å². The first-order valence-electron chi connectivity index (χ1n) is 35.0. The van der Waals surface area contributed by atoms with Crippen LogP contribution in [0.15, 0.2) is 217 Å². The number of aromatic nitrogens is 2. The molecule has 0 spiro atoms. The number of alkyl carbamates (subject to hydrolysis) is 1. The van der Waals surface area contributed by atoms with Crippen molar-refractivity contribution in [3.05, 3.63) is 273 Å². The Morgan fingerprint density at radius 3 is 1.70 bits per heavy atom. The minimum absolute atomic E-state index is 0.00311. The van der Waals surface area contributed by atoms with Gasteiger partial charge in [-0.05, 0) is 150 Å². The van der Waals surface area contributed by atoms with E-state index in [1.54, 1.807) is 50.7 Å². The van der Waals surface area contributed by atoms with Gasteiger partial charge in [0.05, 0.1) is 64.7 Å². The molecule has 1 fully saturated rings. The van der Waals surface area contributed by atoms with Gasteiger partial charge in [-0.15, -0.1) is 0 Å². The molecule has 8 aromatic carbocycles. The molecule has 12 rings (SSSR count). The van der Waals surface area contributed by atoms with Gasteiger partial charge in [-0.3, -0.25) is 19.0 Å². The van der Waals surface area contributed by atoms with Crippen molar-refractivity contribution >= 4 is 38.1 Å². The minimum Gasteiger partial charge on any atom is -0.497 e. The molecule has 20 heteroatoms. The zero-order chi connectivity index (χ0) is 72.0. The number of nitrogens with zero attached hydrogens (tertiary/aromatic N) is 4. The molecule has 19 nitrogen and oxygen atoms in total. The monoisotopic (exact) mass is 1400 g/mol. The molecule has 1 saturated heterocycles. The number of carbonyl (C=O) groups excluding carboxylic acids is 4. The average molecular weight is 1410 g/mol. The number of methoxy groups -OCH3 is 2. The molecule has 3 unspecified atom stereocenters. The summed E-state index contributed by atoms with van der Waals surface area (Å²) in [5, 5.41) is 15.1.